The van der Waals surface area contributed by atoms with Crippen LogP contribution in [0.2, 0.25) is 0 Å². The molecule has 0 amide bonds. The molecule has 0 spiro atoms. The number of aryl methyl sites for hydroxylation is 3. The smallest absolute Gasteiger partial charge is 0.0464 e. The van der Waals surface area contributed by atoms with Crippen molar-refractivity contribution in [2.45, 2.75) is 20.8 Å². The predicted octanol–water partition coefficient (Wildman–Crippen LogP) is 8.01. The summed E-state index contributed by atoms with van der Waals surface area (Å²) in [5, 5.41) is 0. The van der Waals surface area contributed by atoms with Gasteiger partial charge in [0, 0.05) is 17.1 Å². The summed E-state index contributed by atoms with van der Waals surface area (Å²) in [6.07, 6.45) is 5.69. The van der Waals surface area contributed by atoms with Crippen LogP contribution in [0.1, 0.15) is 33.4 Å². The highest BCUT2D eigenvalue weighted by molar-refractivity contribution is 5.79. The second-order valence-electron chi connectivity index (χ2n) is 7.07. The fourth-order valence-electron chi connectivity index (χ4n) is 3.53. The van der Waals surface area contributed by atoms with Crippen LogP contribution < -0.4 is 4.90 Å². The van der Waals surface area contributed by atoms with Gasteiger partial charge in [0.1, 0.15) is 0 Å². The first-order valence-electron chi connectivity index (χ1n) is 9.48. The molecule has 28 heavy (non-hydrogen) atoms. The third kappa shape index (κ3) is 3.70. The maximum absolute atomic E-state index is 3.91. The second kappa shape index (κ2) is 8.14. The Kier molecular flexibility index (Phi) is 5.65. The van der Waals surface area contributed by atoms with Crippen LogP contribution in [0.15, 0.2) is 74.3 Å². The van der Waals surface area contributed by atoms with E-state index in [2.05, 4.69) is 100 Å². The summed E-state index contributed by atoms with van der Waals surface area (Å²) in [5.74, 6) is 0. The molecule has 0 fully saturated rings. The topological polar surface area (TPSA) is 3.24 Å². The van der Waals surface area contributed by atoms with Crippen molar-refractivity contribution < 1.29 is 0 Å². The zero-order valence-corrected chi connectivity index (χ0v) is 17.0. The van der Waals surface area contributed by atoms with E-state index >= 15 is 0 Å². The van der Waals surface area contributed by atoms with Gasteiger partial charge in [-0.1, -0.05) is 56.2 Å². The highest BCUT2D eigenvalue weighted by atomic mass is 15.1. The minimum Gasteiger partial charge on any atom is -0.310 e. The van der Waals surface area contributed by atoms with Gasteiger partial charge in [0.05, 0.1) is 0 Å². The molecular formula is C27H27N. The van der Waals surface area contributed by atoms with E-state index in [1.165, 1.54) is 16.7 Å². The Morgan fingerprint density at radius 3 is 1.04 bits per heavy atom. The fourth-order valence-corrected chi connectivity index (χ4v) is 3.53. The molecule has 0 aliphatic heterocycles. The average Bonchev–Trinajstić information content (AvgIpc) is 2.69. The molecule has 1 nitrogen and oxygen atoms in total. The van der Waals surface area contributed by atoms with Crippen molar-refractivity contribution >= 4 is 35.3 Å². The molecular weight excluding hydrogens is 338 g/mol. The van der Waals surface area contributed by atoms with E-state index in [-0.39, 0.29) is 0 Å². The Hall–Kier alpha value is -3.32. The summed E-state index contributed by atoms with van der Waals surface area (Å²) in [7, 11) is 0. The van der Waals surface area contributed by atoms with Gasteiger partial charge in [-0.25, -0.2) is 0 Å². The van der Waals surface area contributed by atoms with Crippen LogP contribution in [0.3, 0.4) is 0 Å². The van der Waals surface area contributed by atoms with Gasteiger partial charge in [0.15, 0.2) is 0 Å². The normalized spacial score (nSPS) is 10.4. The van der Waals surface area contributed by atoms with Gasteiger partial charge in [-0.3, -0.25) is 0 Å². The number of nitrogens with zero attached hydrogens (tertiary/aromatic N) is 1. The van der Waals surface area contributed by atoms with E-state index in [4.69, 9.17) is 0 Å². The minimum absolute atomic E-state index is 1.12. The molecule has 3 aromatic carbocycles. The third-order valence-corrected chi connectivity index (χ3v) is 5.19. The van der Waals surface area contributed by atoms with Crippen molar-refractivity contribution in [1.29, 1.82) is 0 Å². The summed E-state index contributed by atoms with van der Waals surface area (Å²) in [5.41, 5.74) is 10.4. The molecule has 0 saturated carbocycles. The van der Waals surface area contributed by atoms with Gasteiger partial charge in [-0.2, -0.15) is 0 Å². The molecule has 0 saturated heterocycles. The summed E-state index contributed by atoms with van der Waals surface area (Å²) in [6.45, 7) is 18.1. The summed E-state index contributed by atoms with van der Waals surface area (Å²) >= 11 is 0. The molecule has 0 aromatic heterocycles. The lowest BCUT2D eigenvalue weighted by atomic mass is 10.0. The van der Waals surface area contributed by atoms with Gasteiger partial charge < -0.3 is 4.90 Å². The van der Waals surface area contributed by atoms with E-state index in [9.17, 15) is 0 Å². The summed E-state index contributed by atoms with van der Waals surface area (Å²) in [6, 6.07) is 19.5. The molecule has 0 heterocycles. The largest absolute Gasteiger partial charge is 0.310 e. The Morgan fingerprint density at radius 1 is 0.536 bits per heavy atom. The lowest BCUT2D eigenvalue weighted by Gasteiger charge is -2.27. The van der Waals surface area contributed by atoms with Crippen LogP contribution in [0.4, 0.5) is 17.1 Å². The van der Waals surface area contributed by atoms with Crippen molar-refractivity contribution in [2.75, 3.05) is 4.90 Å². The number of rotatable bonds is 6. The minimum atomic E-state index is 1.12. The average molecular weight is 366 g/mol. The first-order chi connectivity index (χ1) is 13.5. The standard InChI is InChI=1S/C27H27N/c1-7-22-10-13-25(16-19(22)4)28(26-14-11-23(8-2)20(5)17-26)27-15-12-24(9-3)21(6)18-27/h7-18H,1-3H2,4-6H3. The van der Waals surface area contributed by atoms with Crippen LogP contribution in [0, 0.1) is 20.8 Å². The van der Waals surface area contributed by atoms with Crippen molar-refractivity contribution in [3.63, 3.8) is 0 Å². The predicted molar refractivity (Wildman–Crippen MR) is 126 cm³/mol. The lowest BCUT2D eigenvalue weighted by molar-refractivity contribution is 1.24. The van der Waals surface area contributed by atoms with Crippen molar-refractivity contribution in [3.05, 3.63) is 108 Å². The maximum Gasteiger partial charge on any atom is 0.0464 e. The van der Waals surface area contributed by atoms with Gasteiger partial charge >= 0.3 is 0 Å². The molecule has 0 aliphatic carbocycles. The highest BCUT2D eigenvalue weighted by Gasteiger charge is 2.15. The Morgan fingerprint density at radius 2 is 0.821 bits per heavy atom. The Balaban J connectivity index is 2.21. The van der Waals surface area contributed by atoms with Crippen LogP contribution >= 0.6 is 0 Å². The van der Waals surface area contributed by atoms with Crippen molar-refractivity contribution in [1.82, 2.24) is 0 Å². The molecule has 3 aromatic rings. The first kappa shape index (κ1) is 19.4. The summed E-state index contributed by atoms with van der Waals surface area (Å²) in [4.78, 5) is 2.29. The maximum atomic E-state index is 3.91. The molecule has 0 bridgehead atoms. The molecule has 1 heteroatoms. The monoisotopic (exact) mass is 365 g/mol. The zero-order valence-electron chi connectivity index (χ0n) is 17.0. The molecule has 0 unspecified atom stereocenters. The molecule has 0 N–H and O–H groups in total. The van der Waals surface area contributed by atoms with Gasteiger partial charge in [-0.15, -0.1) is 0 Å². The molecule has 0 aliphatic rings. The molecule has 0 atom stereocenters. The fraction of sp³-hybridized carbons (Fsp3) is 0.111. The van der Waals surface area contributed by atoms with E-state index in [1.807, 2.05) is 18.2 Å². The second-order valence-corrected chi connectivity index (χ2v) is 7.07. The van der Waals surface area contributed by atoms with Crippen LogP contribution in [0.5, 0.6) is 0 Å². The number of anilines is 3. The van der Waals surface area contributed by atoms with Crippen molar-refractivity contribution in [3.8, 4) is 0 Å². The Bertz CT molecular complexity index is 919. The van der Waals surface area contributed by atoms with Crippen LogP contribution in [-0.4, -0.2) is 0 Å². The molecule has 0 radical (unpaired) electrons. The van der Waals surface area contributed by atoms with E-state index in [0.717, 1.165) is 33.8 Å². The van der Waals surface area contributed by atoms with Crippen molar-refractivity contribution in [2.24, 2.45) is 0 Å². The van der Waals surface area contributed by atoms with E-state index in [0.29, 0.717) is 0 Å². The third-order valence-electron chi connectivity index (χ3n) is 5.19. The quantitative estimate of drug-likeness (QED) is 0.427. The molecule has 140 valence electrons. The van der Waals surface area contributed by atoms with Crippen LogP contribution in [-0.2, 0) is 0 Å². The van der Waals surface area contributed by atoms with Gasteiger partial charge in [0.25, 0.3) is 0 Å². The molecule has 3 rings (SSSR count). The number of benzene rings is 3. The SMILES string of the molecule is C=Cc1ccc(N(c2ccc(C=C)c(C)c2)c2ccc(C=C)c(C)c2)cc1C. The highest BCUT2D eigenvalue weighted by Crippen LogP contribution is 2.37. The number of hydrogen-bond acceptors (Lipinski definition) is 1. The number of hydrogen-bond donors (Lipinski definition) is 0. The van der Waals surface area contributed by atoms with E-state index in [1.54, 1.807) is 0 Å². The first-order valence-corrected chi connectivity index (χ1v) is 9.48. The lowest BCUT2D eigenvalue weighted by Crippen LogP contribution is -2.11. The van der Waals surface area contributed by atoms with Gasteiger partial charge in [-0.05, 0) is 90.6 Å². The van der Waals surface area contributed by atoms with Crippen LogP contribution in [0.25, 0.3) is 18.2 Å². The summed E-state index contributed by atoms with van der Waals surface area (Å²) < 4.78 is 0. The zero-order chi connectivity index (χ0) is 20.3. The Labute approximate surface area is 169 Å². The van der Waals surface area contributed by atoms with E-state index < -0.39 is 0 Å². The van der Waals surface area contributed by atoms with Gasteiger partial charge in [0.2, 0.25) is 0 Å².